The highest BCUT2D eigenvalue weighted by molar-refractivity contribution is 5.94. The van der Waals surface area contributed by atoms with Crippen molar-refractivity contribution in [1.82, 2.24) is 34.8 Å². The van der Waals surface area contributed by atoms with Crippen molar-refractivity contribution in [3.05, 3.63) is 59.9 Å². The lowest BCUT2D eigenvalue weighted by molar-refractivity contribution is 0.0157. The fourth-order valence-electron chi connectivity index (χ4n) is 4.01. The number of fused-ring (bicyclic) bond motifs is 1. The Hall–Kier alpha value is -3.55. The van der Waals surface area contributed by atoms with Gasteiger partial charge in [-0.3, -0.25) is 9.69 Å². The largest absolute Gasteiger partial charge is 0.383 e. The molecule has 1 aliphatic carbocycles. The highest BCUT2D eigenvalue weighted by Crippen LogP contribution is 2.43. The SMILES string of the molecule is N#CCCNC(=O)c1ccc(-n2cc(C(O)C3N(C4CC4)Cc4cncn43)nn2)cc1. The number of rotatable bonds is 7. The average molecular weight is 418 g/mol. The Morgan fingerprint density at radius 2 is 2.13 bits per heavy atom. The molecular formula is C21H22N8O2. The molecule has 1 fully saturated rings. The summed E-state index contributed by atoms with van der Waals surface area (Å²) < 4.78 is 3.60. The lowest BCUT2D eigenvalue weighted by atomic mass is 10.2. The highest BCUT2D eigenvalue weighted by Gasteiger charge is 2.44. The number of benzene rings is 1. The van der Waals surface area contributed by atoms with Crippen molar-refractivity contribution in [1.29, 1.82) is 5.26 Å². The molecule has 1 aromatic carbocycles. The molecular weight excluding hydrogens is 396 g/mol. The Morgan fingerprint density at radius 1 is 1.32 bits per heavy atom. The molecule has 31 heavy (non-hydrogen) atoms. The zero-order valence-corrected chi connectivity index (χ0v) is 16.8. The number of nitrogens with one attached hydrogen (secondary N) is 1. The van der Waals surface area contributed by atoms with Gasteiger partial charge in [-0.15, -0.1) is 5.10 Å². The number of carbonyl (C=O) groups is 1. The molecule has 10 heteroatoms. The molecule has 2 atom stereocenters. The zero-order valence-electron chi connectivity index (χ0n) is 16.8. The summed E-state index contributed by atoms with van der Waals surface area (Å²) in [6, 6.07) is 9.40. The van der Waals surface area contributed by atoms with Gasteiger partial charge in [-0.1, -0.05) is 5.21 Å². The molecule has 5 rings (SSSR count). The summed E-state index contributed by atoms with van der Waals surface area (Å²) in [6.07, 6.45) is 6.80. The van der Waals surface area contributed by atoms with E-state index in [0.717, 1.165) is 30.8 Å². The molecule has 10 nitrogen and oxygen atoms in total. The molecule has 1 aliphatic heterocycles. The average Bonchev–Trinajstić information content (AvgIpc) is 3.19. The number of aliphatic hydroxyl groups excluding tert-OH is 1. The van der Waals surface area contributed by atoms with Crippen LogP contribution >= 0.6 is 0 Å². The molecule has 2 unspecified atom stereocenters. The van der Waals surface area contributed by atoms with E-state index in [-0.39, 0.29) is 18.5 Å². The molecule has 158 valence electrons. The van der Waals surface area contributed by atoms with Crippen LogP contribution in [0.5, 0.6) is 0 Å². The second-order valence-electron chi connectivity index (χ2n) is 7.85. The van der Waals surface area contributed by atoms with Gasteiger partial charge < -0.3 is 15.0 Å². The number of nitrogens with zero attached hydrogens (tertiary/aromatic N) is 7. The molecule has 0 saturated heterocycles. The quantitative estimate of drug-likeness (QED) is 0.554. The summed E-state index contributed by atoms with van der Waals surface area (Å²) in [6.45, 7) is 1.09. The third kappa shape index (κ3) is 3.69. The predicted octanol–water partition coefficient (Wildman–Crippen LogP) is 1.32. The maximum absolute atomic E-state index is 12.1. The Kier molecular flexibility index (Phi) is 4.97. The third-order valence-electron chi connectivity index (χ3n) is 5.74. The molecule has 0 radical (unpaired) electrons. The van der Waals surface area contributed by atoms with Crippen molar-refractivity contribution < 1.29 is 9.90 Å². The maximum Gasteiger partial charge on any atom is 0.251 e. The van der Waals surface area contributed by atoms with Crippen molar-refractivity contribution in [2.45, 2.75) is 44.1 Å². The van der Waals surface area contributed by atoms with Crippen LogP contribution in [-0.2, 0) is 6.54 Å². The van der Waals surface area contributed by atoms with Gasteiger partial charge in [0.2, 0.25) is 0 Å². The molecule has 0 spiro atoms. The number of carbonyl (C=O) groups excluding carboxylic acids is 1. The Morgan fingerprint density at radius 3 is 2.87 bits per heavy atom. The van der Waals surface area contributed by atoms with E-state index in [1.165, 1.54) is 0 Å². The second-order valence-corrected chi connectivity index (χ2v) is 7.85. The van der Waals surface area contributed by atoms with E-state index >= 15 is 0 Å². The summed E-state index contributed by atoms with van der Waals surface area (Å²) in [5, 5.41) is 30.8. The van der Waals surface area contributed by atoms with Crippen LogP contribution in [0.4, 0.5) is 0 Å². The van der Waals surface area contributed by atoms with Gasteiger partial charge in [0.15, 0.2) is 0 Å². The van der Waals surface area contributed by atoms with Crippen LogP contribution in [0.2, 0.25) is 0 Å². The number of imidazole rings is 1. The lowest BCUT2D eigenvalue weighted by Crippen LogP contribution is -2.31. The maximum atomic E-state index is 12.1. The van der Waals surface area contributed by atoms with Gasteiger partial charge in [0.1, 0.15) is 18.0 Å². The first-order valence-electron chi connectivity index (χ1n) is 10.3. The second kappa shape index (κ2) is 7.94. The van der Waals surface area contributed by atoms with Gasteiger partial charge in [0, 0.05) is 30.9 Å². The van der Waals surface area contributed by atoms with Crippen molar-refractivity contribution in [2.75, 3.05) is 6.54 Å². The minimum absolute atomic E-state index is 0.228. The first kappa shape index (κ1) is 19.4. The lowest BCUT2D eigenvalue weighted by Gasteiger charge is -2.28. The summed E-state index contributed by atoms with van der Waals surface area (Å²) in [4.78, 5) is 18.6. The number of aromatic nitrogens is 5. The first-order chi connectivity index (χ1) is 15.2. The third-order valence-corrected chi connectivity index (χ3v) is 5.74. The molecule has 3 heterocycles. The molecule has 2 N–H and O–H groups in total. The van der Waals surface area contributed by atoms with E-state index in [4.69, 9.17) is 5.26 Å². The van der Waals surface area contributed by atoms with E-state index in [1.54, 1.807) is 41.5 Å². The molecule has 0 bridgehead atoms. The van der Waals surface area contributed by atoms with Gasteiger partial charge >= 0.3 is 0 Å². The van der Waals surface area contributed by atoms with Crippen LogP contribution in [0, 0.1) is 11.3 Å². The Bertz CT molecular complexity index is 1120. The summed E-state index contributed by atoms with van der Waals surface area (Å²) >= 11 is 0. The van der Waals surface area contributed by atoms with Crippen LogP contribution in [0.25, 0.3) is 5.69 Å². The summed E-state index contributed by atoms with van der Waals surface area (Å²) in [5.74, 6) is -0.228. The van der Waals surface area contributed by atoms with E-state index in [0.29, 0.717) is 23.8 Å². The van der Waals surface area contributed by atoms with Gasteiger partial charge in [0.05, 0.1) is 36.4 Å². The van der Waals surface area contributed by atoms with Crippen LogP contribution < -0.4 is 5.32 Å². The first-order valence-corrected chi connectivity index (χ1v) is 10.3. The number of nitriles is 1. The van der Waals surface area contributed by atoms with E-state index < -0.39 is 6.10 Å². The van der Waals surface area contributed by atoms with Gasteiger partial charge in [0.25, 0.3) is 5.91 Å². The van der Waals surface area contributed by atoms with Gasteiger partial charge in [-0.2, -0.15) is 5.26 Å². The smallest absolute Gasteiger partial charge is 0.251 e. The van der Waals surface area contributed by atoms with Gasteiger partial charge in [-0.05, 0) is 37.1 Å². The summed E-state index contributed by atoms with van der Waals surface area (Å²) in [5.41, 5.74) is 2.80. The number of hydrogen-bond acceptors (Lipinski definition) is 7. The van der Waals surface area contributed by atoms with Gasteiger partial charge in [-0.25, -0.2) is 9.67 Å². The fourth-order valence-corrected chi connectivity index (χ4v) is 4.01. The molecule has 3 aromatic rings. The Labute approximate surface area is 178 Å². The summed E-state index contributed by atoms with van der Waals surface area (Å²) in [7, 11) is 0. The van der Waals surface area contributed by atoms with E-state index in [2.05, 4.69) is 25.5 Å². The van der Waals surface area contributed by atoms with Crippen molar-refractivity contribution in [2.24, 2.45) is 0 Å². The zero-order chi connectivity index (χ0) is 21.4. The van der Waals surface area contributed by atoms with E-state index in [1.807, 2.05) is 16.8 Å². The fraction of sp³-hybridized carbons (Fsp3) is 0.381. The molecule has 2 aromatic heterocycles. The van der Waals surface area contributed by atoms with Crippen LogP contribution in [0.15, 0.2) is 43.0 Å². The highest BCUT2D eigenvalue weighted by atomic mass is 16.3. The molecule has 1 amide bonds. The monoisotopic (exact) mass is 418 g/mol. The number of aliphatic hydroxyl groups is 1. The topological polar surface area (TPSA) is 125 Å². The minimum atomic E-state index is -0.838. The normalized spacial score (nSPS) is 19.0. The predicted molar refractivity (Wildman–Crippen MR) is 109 cm³/mol. The molecule has 1 saturated carbocycles. The Balaban J connectivity index is 1.32. The number of hydrogen-bond donors (Lipinski definition) is 2. The van der Waals surface area contributed by atoms with Crippen LogP contribution in [0.3, 0.4) is 0 Å². The van der Waals surface area contributed by atoms with E-state index in [9.17, 15) is 9.90 Å². The standard InChI is InChI=1S/C21H22N8O2/c22-8-1-9-24-20(31)14-2-4-16(5-3-14)29-12-18(25-26-29)19(30)21-27(15-6-7-15)11-17-10-23-13-28(17)21/h2-5,10,12-13,15,19,21,30H,1,6-7,9,11H2,(H,24,31). The van der Waals surface area contributed by atoms with Crippen LogP contribution in [0.1, 0.15) is 53.3 Å². The van der Waals surface area contributed by atoms with Crippen molar-refractivity contribution >= 4 is 5.91 Å². The van der Waals surface area contributed by atoms with Crippen molar-refractivity contribution in [3.8, 4) is 11.8 Å². The van der Waals surface area contributed by atoms with Crippen LogP contribution in [-0.4, -0.2) is 53.0 Å². The number of amides is 1. The minimum Gasteiger partial charge on any atom is -0.383 e. The molecule has 2 aliphatic rings. The van der Waals surface area contributed by atoms with Crippen molar-refractivity contribution in [3.63, 3.8) is 0 Å².